The molecule has 6 nitrogen and oxygen atoms in total. The second-order valence-electron chi connectivity index (χ2n) is 6.77. The van der Waals surface area contributed by atoms with E-state index in [1.165, 1.54) is 0 Å². The molecule has 1 atom stereocenters. The highest BCUT2D eigenvalue weighted by Gasteiger charge is 2.24. The molecule has 3 amide bonds. The minimum Gasteiger partial charge on any atom is -0.496 e. The fraction of sp³-hybridized carbons (Fsp3) is 0.217. The summed E-state index contributed by atoms with van der Waals surface area (Å²) in [4.78, 5) is 28.3. The molecule has 0 fully saturated rings. The summed E-state index contributed by atoms with van der Waals surface area (Å²) in [5.41, 5.74) is 1.57. The quantitative estimate of drug-likeness (QED) is 0.561. The van der Waals surface area contributed by atoms with E-state index >= 15 is 0 Å². The highest BCUT2D eigenvalue weighted by Crippen LogP contribution is 2.22. The van der Waals surface area contributed by atoms with Gasteiger partial charge in [-0.3, -0.25) is 4.79 Å². The number of para-hydroxylation sites is 2. The van der Waals surface area contributed by atoms with Crippen molar-refractivity contribution in [2.75, 3.05) is 12.4 Å². The molecule has 1 heterocycles. The molecule has 0 bridgehead atoms. The van der Waals surface area contributed by atoms with Crippen LogP contribution in [-0.4, -0.2) is 30.0 Å². The molecule has 0 aliphatic rings. The average Bonchev–Trinajstić information content (AvgIpc) is 3.27. The molecule has 3 aromatic rings. The van der Waals surface area contributed by atoms with Gasteiger partial charge in [0.1, 0.15) is 11.8 Å². The number of amides is 3. The number of ether oxygens (including phenoxy) is 1. The van der Waals surface area contributed by atoms with Crippen molar-refractivity contribution < 1.29 is 14.3 Å². The Balaban J connectivity index is 1.71. The van der Waals surface area contributed by atoms with E-state index in [9.17, 15) is 9.59 Å². The largest absolute Gasteiger partial charge is 0.496 e. The van der Waals surface area contributed by atoms with E-state index in [-0.39, 0.29) is 5.91 Å². The Labute approximate surface area is 180 Å². The van der Waals surface area contributed by atoms with Gasteiger partial charge in [-0.1, -0.05) is 42.5 Å². The van der Waals surface area contributed by atoms with E-state index in [2.05, 4.69) is 10.6 Å². The van der Waals surface area contributed by atoms with Crippen molar-refractivity contribution in [2.24, 2.45) is 0 Å². The van der Waals surface area contributed by atoms with Gasteiger partial charge in [0.2, 0.25) is 5.91 Å². The first-order valence-electron chi connectivity index (χ1n) is 9.62. The smallest absolute Gasteiger partial charge is 0.319 e. The Kier molecular flexibility index (Phi) is 7.45. The van der Waals surface area contributed by atoms with Crippen LogP contribution in [0.5, 0.6) is 5.75 Å². The van der Waals surface area contributed by atoms with Crippen molar-refractivity contribution in [2.45, 2.75) is 26.1 Å². The van der Waals surface area contributed by atoms with E-state index in [1.807, 2.05) is 60.0 Å². The lowest BCUT2D eigenvalue weighted by molar-refractivity contribution is -0.134. The molecule has 0 aliphatic heterocycles. The van der Waals surface area contributed by atoms with Crippen molar-refractivity contribution in [3.63, 3.8) is 0 Å². The predicted molar refractivity (Wildman–Crippen MR) is 120 cm³/mol. The first-order valence-corrected chi connectivity index (χ1v) is 10.5. The van der Waals surface area contributed by atoms with Gasteiger partial charge in [0.15, 0.2) is 0 Å². The second kappa shape index (κ2) is 10.5. The number of hydrogen-bond acceptors (Lipinski definition) is 4. The van der Waals surface area contributed by atoms with Crippen LogP contribution in [0.15, 0.2) is 72.1 Å². The number of anilines is 1. The van der Waals surface area contributed by atoms with Crippen LogP contribution in [0.4, 0.5) is 10.5 Å². The van der Waals surface area contributed by atoms with Gasteiger partial charge in [0.25, 0.3) is 0 Å². The Bertz CT molecular complexity index is 961. The maximum absolute atomic E-state index is 13.2. The molecule has 0 spiro atoms. The fourth-order valence-corrected chi connectivity index (χ4v) is 3.78. The van der Waals surface area contributed by atoms with Gasteiger partial charge in [0.05, 0.1) is 13.7 Å². The van der Waals surface area contributed by atoms with E-state index in [1.54, 1.807) is 42.4 Å². The Morgan fingerprint density at radius 2 is 1.73 bits per heavy atom. The maximum Gasteiger partial charge on any atom is 0.319 e. The molecule has 30 heavy (non-hydrogen) atoms. The number of carbonyl (C=O) groups is 2. The lowest BCUT2D eigenvalue weighted by atomic mass is 10.1. The van der Waals surface area contributed by atoms with Gasteiger partial charge in [-0.05, 0) is 36.6 Å². The van der Waals surface area contributed by atoms with Crippen LogP contribution < -0.4 is 15.4 Å². The summed E-state index contributed by atoms with van der Waals surface area (Å²) < 4.78 is 5.44. The zero-order chi connectivity index (χ0) is 21.3. The number of carbonyl (C=O) groups excluding carboxylic acids is 2. The number of nitrogens with zero attached hydrogens (tertiary/aromatic N) is 1. The topological polar surface area (TPSA) is 70.7 Å². The summed E-state index contributed by atoms with van der Waals surface area (Å²) in [5, 5.41) is 7.46. The van der Waals surface area contributed by atoms with Crippen LogP contribution in [0.2, 0.25) is 0 Å². The van der Waals surface area contributed by atoms with Crippen molar-refractivity contribution in [1.29, 1.82) is 0 Å². The van der Waals surface area contributed by atoms with Crippen LogP contribution in [0.25, 0.3) is 0 Å². The summed E-state index contributed by atoms with van der Waals surface area (Å²) >= 11 is 1.59. The SMILES string of the molecule is COc1ccccc1CN(Cc1cccs1)C(=O)C(C)NC(=O)Nc1ccccc1. The molecule has 1 unspecified atom stereocenters. The van der Waals surface area contributed by atoms with Gasteiger partial charge >= 0.3 is 6.03 Å². The summed E-state index contributed by atoms with van der Waals surface area (Å²) in [6.07, 6.45) is 0. The molecule has 156 valence electrons. The highest BCUT2D eigenvalue weighted by molar-refractivity contribution is 7.09. The molecule has 0 saturated heterocycles. The summed E-state index contributed by atoms with van der Waals surface area (Å²) in [6.45, 7) is 2.53. The number of methoxy groups -OCH3 is 1. The van der Waals surface area contributed by atoms with E-state index in [0.717, 1.165) is 16.2 Å². The molecule has 1 aromatic heterocycles. The molecule has 7 heteroatoms. The number of benzene rings is 2. The van der Waals surface area contributed by atoms with Gasteiger partial charge in [-0.15, -0.1) is 11.3 Å². The Morgan fingerprint density at radius 3 is 2.43 bits per heavy atom. The monoisotopic (exact) mass is 423 g/mol. The van der Waals surface area contributed by atoms with E-state index in [4.69, 9.17) is 4.74 Å². The molecule has 0 aliphatic carbocycles. The van der Waals surface area contributed by atoms with Crippen molar-refractivity contribution >= 4 is 29.0 Å². The average molecular weight is 424 g/mol. The van der Waals surface area contributed by atoms with Crippen molar-refractivity contribution in [3.8, 4) is 5.75 Å². The molecule has 0 radical (unpaired) electrons. The lowest BCUT2D eigenvalue weighted by Gasteiger charge is -2.26. The predicted octanol–water partition coefficient (Wildman–Crippen LogP) is 4.50. The summed E-state index contributed by atoms with van der Waals surface area (Å²) in [5.74, 6) is 0.557. The zero-order valence-electron chi connectivity index (χ0n) is 17.0. The third kappa shape index (κ3) is 5.84. The number of urea groups is 1. The van der Waals surface area contributed by atoms with Crippen LogP contribution in [0.3, 0.4) is 0 Å². The Hall–Kier alpha value is -3.32. The minimum absolute atomic E-state index is 0.169. The van der Waals surface area contributed by atoms with Gasteiger partial charge in [-0.25, -0.2) is 4.79 Å². The third-order valence-electron chi connectivity index (χ3n) is 4.54. The van der Waals surface area contributed by atoms with Crippen LogP contribution in [0, 0.1) is 0 Å². The van der Waals surface area contributed by atoms with Crippen molar-refractivity contribution in [1.82, 2.24) is 10.2 Å². The minimum atomic E-state index is -0.691. The first-order chi connectivity index (χ1) is 14.6. The maximum atomic E-state index is 13.2. The number of hydrogen-bond donors (Lipinski definition) is 2. The molecular formula is C23H25N3O3S. The molecule has 2 aromatic carbocycles. The molecular weight excluding hydrogens is 398 g/mol. The molecule has 0 saturated carbocycles. The number of thiophene rings is 1. The Morgan fingerprint density at radius 1 is 1.00 bits per heavy atom. The van der Waals surface area contributed by atoms with Crippen LogP contribution in [0.1, 0.15) is 17.4 Å². The third-order valence-corrected chi connectivity index (χ3v) is 5.40. The zero-order valence-corrected chi connectivity index (χ0v) is 17.8. The first kappa shape index (κ1) is 21.4. The molecule has 2 N–H and O–H groups in total. The van der Waals surface area contributed by atoms with Crippen LogP contribution >= 0.6 is 11.3 Å². The normalized spacial score (nSPS) is 11.4. The number of rotatable bonds is 8. The van der Waals surface area contributed by atoms with Gasteiger partial charge in [-0.2, -0.15) is 0 Å². The summed E-state index contributed by atoms with van der Waals surface area (Å²) in [7, 11) is 1.61. The van der Waals surface area contributed by atoms with E-state index < -0.39 is 12.1 Å². The lowest BCUT2D eigenvalue weighted by Crippen LogP contribution is -2.47. The number of nitrogens with one attached hydrogen (secondary N) is 2. The van der Waals surface area contributed by atoms with Gasteiger partial charge in [0, 0.05) is 22.7 Å². The van der Waals surface area contributed by atoms with Crippen LogP contribution in [-0.2, 0) is 17.9 Å². The summed E-state index contributed by atoms with van der Waals surface area (Å²) in [6, 6.07) is 19.6. The highest BCUT2D eigenvalue weighted by atomic mass is 32.1. The van der Waals surface area contributed by atoms with Crippen molar-refractivity contribution in [3.05, 3.63) is 82.6 Å². The van der Waals surface area contributed by atoms with Gasteiger partial charge < -0.3 is 20.3 Å². The van der Waals surface area contributed by atoms with E-state index in [0.29, 0.717) is 18.8 Å². The molecule has 3 rings (SSSR count). The fourth-order valence-electron chi connectivity index (χ4n) is 3.06. The standard InChI is InChI=1S/C23H25N3O3S/c1-17(24-23(28)25-19-10-4-3-5-11-19)22(27)26(16-20-12-8-14-30-20)15-18-9-6-7-13-21(18)29-2/h3-14,17H,15-16H2,1-2H3,(H2,24,25,28). The second-order valence-corrected chi connectivity index (χ2v) is 7.80.